The van der Waals surface area contributed by atoms with E-state index in [9.17, 15) is 19.8 Å². The molecule has 0 bridgehead atoms. The number of nitrogens with zero attached hydrogens (tertiary/aromatic N) is 4. The summed E-state index contributed by atoms with van der Waals surface area (Å²) in [5.74, 6) is 0.0538. The van der Waals surface area contributed by atoms with E-state index < -0.39 is 11.5 Å². The van der Waals surface area contributed by atoms with Gasteiger partial charge in [-0.3, -0.25) is 14.6 Å². The Labute approximate surface area is 216 Å². The fourth-order valence-corrected chi connectivity index (χ4v) is 7.99. The Morgan fingerprint density at radius 3 is 2.56 bits per heavy atom. The molecule has 2 aromatic rings. The Hall–Kier alpha value is -2.36. The van der Waals surface area contributed by atoms with Gasteiger partial charge in [-0.15, -0.1) is 11.3 Å². The maximum atomic E-state index is 13.6. The highest BCUT2D eigenvalue weighted by Gasteiger charge is 2.59. The maximum absolute atomic E-state index is 13.6. The van der Waals surface area contributed by atoms with Crippen molar-refractivity contribution in [2.75, 3.05) is 32.8 Å². The number of aliphatic hydroxyl groups excluding tert-OH is 2. The average Bonchev–Trinajstić information content (AvgIpc) is 3.32. The van der Waals surface area contributed by atoms with Crippen molar-refractivity contribution in [2.24, 2.45) is 16.7 Å². The van der Waals surface area contributed by atoms with Crippen LogP contribution >= 0.6 is 11.3 Å². The predicted molar refractivity (Wildman–Crippen MR) is 137 cm³/mol. The van der Waals surface area contributed by atoms with E-state index >= 15 is 0 Å². The third-order valence-corrected chi connectivity index (χ3v) is 10.4. The molecule has 2 amide bonds. The zero-order valence-corrected chi connectivity index (χ0v) is 22.1. The van der Waals surface area contributed by atoms with Crippen molar-refractivity contribution in [3.8, 4) is 10.6 Å². The van der Waals surface area contributed by atoms with Crippen LogP contribution in [0, 0.1) is 16.7 Å². The minimum absolute atomic E-state index is 0.0285. The van der Waals surface area contributed by atoms with Crippen LogP contribution in [0.15, 0.2) is 24.5 Å². The third-order valence-electron chi connectivity index (χ3n) is 9.26. The van der Waals surface area contributed by atoms with Gasteiger partial charge in [0.05, 0.1) is 18.4 Å². The summed E-state index contributed by atoms with van der Waals surface area (Å²) in [6.45, 7) is 7.92. The molecule has 194 valence electrons. The maximum Gasteiger partial charge on any atom is 0.223 e. The lowest BCUT2D eigenvalue weighted by Crippen LogP contribution is -2.58. The van der Waals surface area contributed by atoms with Crippen molar-refractivity contribution in [1.29, 1.82) is 0 Å². The number of amides is 2. The van der Waals surface area contributed by atoms with E-state index in [1.165, 1.54) is 0 Å². The van der Waals surface area contributed by atoms with Gasteiger partial charge in [-0.2, -0.15) is 0 Å². The number of aromatic nitrogens is 2. The number of pyridine rings is 1. The van der Waals surface area contributed by atoms with E-state index in [-0.39, 0.29) is 35.7 Å². The fourth-order valence-electron chi connectivity index (χ4n) is 6.83. The summed E-state index contributed by atoms with van der Waals surface area (Å²) >= 11 is 1.64. The highest BCUT2D eigenvalue weighted by molar-refractivity contribution is 7.15. The molecule has 2 aliphatic carbocycles. The van der Waals surface area contributed by atoms with Crippen LogP contribution in [-0.4, -0.2) is 80.7 Å². The van der Waals surface area contributed by atoms with Gasteiger partial charge < -0.3 is 20.0 Å². The monoisotopic (exact) mass is 512 g/mol. The van der Waals surface area contributed by atoms with Gasteiger partial charge in [0.2, 0.25) is 11.8 Å². The van der Waals surface area contributed by atoms with Crippen molar-refractivity contribution >= 4 is 23.2 Å². The predicted octanol–water partition coefficient (Wildman–Crippen LogP) is 2.70. The number of aliphatic hydroxyl groups is 2. The van der Waals surface area contributed by atoms with Gasteiger partial charge >= 0.3 is 0 Å². The molecule has 8 nitrogen and oxygen atoms in total. The molecule has 3 heterocycles. The van der Waals surface area contributed by atoms with Crippen LogP contribution in [-0.2, 0) is 16.0 Å². The van der Waals surface area contributed by atoms with Crippen LogP contribution in [0.2, 0.25) is 0 Å². The van der Waals surface area contributed by atoms with Crippen molar-refractivity contribution in [2.45, 2.75) is 58.5 Å². The van der Waals surface area contributed by atoms with Crippen LogP contribution in [0.1, 0.15) is 56.5 Å². The van der Waals surface area contributed by atoms with Crippen LogP contribution in [0.3, 0.4) is 0 Å². The molecule has 5 atom stereocenters. The van der Waals surface area contributed by atoms with Crippen molar-refractivity contribution in [3.05, 3.63) is 35.1 Å². The molecule has 0 unspecified atom stereocenters. The van der Waals surface area contributed by atoms with Gasteiger partial charge in [-0.1, -0.05) is 13.8 Å². The van der Waals surface area contributed by atoms with Crippen molar-refractivity contribution in [1.82, 2.24) is 19.8 Å². The smallest absolute Gasteiger partial charge is 0.223 e. The Morgan fingerprint density at radius 1 is 1.19 bits per heavy atom. The zero-order valence-electron chi connectivity index (χ0n) is 21.3. The second kappa shape index (κ2) is 9.50. The number of thiazole rings is 1. The van der Waals surface area contributed by atoms with E-state index in [0.29, 0.717) is 39.0 Å². The molecule has 5 rings (SSSR count). The number of carbonyl (C=O) groups is 2. The molecule has 3 aliphatic rings. The molecule has 1 saturated carbocycles. The molecule has 2 N–H and O–H groups in total. The fraction of sp³-hybridized carbons (Fsp3) is 0.630. The number of piperazine rings is 1. The number of rotatable bonds is 4. The summed E-state index contributed by atoms with van der Waals surface area (Å²) in [5.41, 5.74) is 1.03. The van der Waals surface area contributed by atoms with Gasteiger partial charge in [-0.25, -0.2) is 4.98 Å². The first kappa shape index (κ1) is 25.3. The summed E-state index contributed by atoms with van der Waals surface area (Å²) < 4.78 is 0. The molecule has 2 fully saturated rings. The second-order valence-corrected chi connectivity index (χ2v) is 12.3. The quantitative estimate of drug-likeness (QED) is 0.652. The highest BCUT2D eigenvalue weighted by Crippen LogP contribution is 2.63. The minimum Gasteiger partial charge on any atom is -0.396 e. The average molecular weight is 513 g/mol. The normalized spacial score (nSPS) is 32.1. The SMILES string of the molecule is CC(=O)N1CCN(C(=O)C[C@@H]2c3nc(-c4cccnc4)sc3C[C@@H]3[C@](C)(CO)[C@H](O)CC[C@]32C)CC1. The van der Waals surface area contributed by atoms with Gasteiger partial charge in [0.1, 0.15) is 5.01 Å². The Kier molecular flexibility index (Phi) is 6.68. The lowest BCUT2D eigenvalue weighted by molar-refractivity contribution is -0.149. The van der Waals surface area contributed by atoms with Gasteiger partial charge in [0, 0.05) is 73.7 Å². The van der Waals surface area contributed by atoms with Crippen LogP contribution in [0.5, 0.6) is 0 Å². The number of carbonyl (C=O) groups excluding carboxylic acids is 2. The molecular weight excluding hydrogens is 476 g/mol. The summed E-state index contributed by atoms with van der Waals surface area (Å²) in [7, 11) is 0. The Balaban J connectivity index is 1.50. The van der Waals surface area contributed by atoms with Crippen molar-refractivity contribution < 1.29 is 19.8 Å². The van der Waals surface area contributed by atoms with Crippen LogP contribution < -0.4 is 0 Å². The van der Waals surface area contributed by atoms with Gasteiger partial charge in [0.25, 0.3) is 0 Å². The van der Waals surface area contributed by atoms with E-state index in [0.717, 1.165) is 34.0 Å². The zero-order chi connectivity index (χ0) is 25.7. The van der Waals surface area contributed by atoms with Crippen molar-refractivity contribution in [3.63, 3.8) is 0 Å². The largest absolute Gasteiger partial charge is 0.396 e. The first-order valence-electron chi connectivity index (χ1n) is 12.9. The number of fused-ring (bicyclic) bond motifs is 2. The van der Waals surface area contributed by atoms with E-state index in [2.05, 4.69) is 11.9 Å². The molecule has 36 heavy (non-hydrogen) atoms. The molecule has 0 radical (unpaired) electrons. The van der Waals surface area contributed by atoms with Crippen LogP contribution in [0.4, 0.5) is 0 Å². The molecule has 0 aromatic carbocycles. The lowest BCUT2D eigenvalue weighted by atomic mass is 9.47. The molecular formula is C27H36N4O4S. The highest BCUT2D eigenvalue weighted by atomic mass is 32.1. The standard InChI is InChI=1S/C27H36N4O4S/c1-17(33)30-9-11-31(12-10-30)23(35)13-19-24-20(36-25(29-24)18-5-4-8-28-15-18)14-21-26(19,2)7-6-22(34)27(21,3)16-32/h4-5,8,15,19,21-22,32,34H,6-7,9-14,16H2,1-3H3/t19-,21+,22-,26+,27+/m1/s1. The molecule has 1 aliphatic heterocycles. The minimum atomic E-state index is -0.641. The first-order chi connectivity index (χ1) is 17.2. The summed E-state index contributed by atoms with van der Waals surface area (Å²) in [5, 5.41) is 22.3. The summed E-state index contributed by atoms with van der Waals surface area (Å²) in [4.78, 5) is 39.5. The first-order valence-corrected chi connectivity index (χ1v) is 13.7. The Morgan fingerprint density at radius 2 is 1.92 bits per heavy atom. The van der Waals surface area contributed by atoms with Gasteiger partial charge in [-0.05, 0) is 42.7 Å². The summed E-state index contributed by atoms with van der Waals surface area (Å²) in [6.07, 6.45) is 5.44. The van der Waals surface area contributed by atoms with E-state index in [1.54, 1.807) is 29.4 Å². The molecule has 9 heteroatoms. The lowest BCUT2D eigenvalue weighted by Gasteiger charge is -2.58. The van der Waals surface area contributed by atoms with Gasteiger partial charge in [0.15, 0.2) is 0 Å². The summed E-state index contributed by atoms with van der Waals surface area (Å²) in [6, 6.07) is 3.90. The van der Waals surface area contributed by atoms with E-state index in [1.807, 2.05) is 30.2 Å². The molecule has 0 spiro atoms. The number of hydrogen-bond acceptors (Lipinski definition) is 7. The topological polar surface area (TPSA) is 107 Å². The molecule has 2 aromatic heterocycles. The third kappa shape index (κ3) is 4.15. The van der Waals surface area contributed by atoms with E-state index in [4.69, 9.17) is 4.98 Å². The van der Waals surface area contributed by atoms with Crippen LogP contribution in [0.25, 0.3) is 10.6 Å². The number of hydrogen-bond donors (Lipinski definition) is 2. The Bertz CT molecular complexity index is 1130. The second-order valence-electron chi connectivity index (χ2n) is 11.2. The molecule has 1 saturated heterocycles.